The molecule has 1 atom stereocenters. The summed E-state index contributed by atoms with van der Waals surface area (Å²) in [5.41, 5.74) is 3.56. The molecule has 0 radical (unpaired) electrons. The van der Waals surface area contributed by atoms with Crippen LogP contribution in [-0.4, -0.2) is 46.6 Å². The lowest BCUT2D eigenvalue weighted by Crippen LogP contribution is -2.51. The lowest BCUT2D eigenvalue weighted by molar-refractivity contribution is 0.0711. The highest BCUT2D eigenvalue weighted by Gasteiger charge is 2.26. The summed E-state index contributed by atoms with van der Waals surface area (Å²) in [6.07, 6.45) is 0. The van der Waals surface area contributed by atoms with Crippen molar-refractivity contribution < 1.29 is 9.32 Å². The number of hydrogen-bond acceptors (Lipinski definition) is 6. The Balaban J connectivity index is 1.85. The van der Waals surface area contributed by atoms with Crippen molar-refractivity contribution >= 4 is 28.3 Å². The van der Waals surface area contributed by atoms with Gasteiger partial charge in [-0.3, -0.25) is 4.79 Å². The van der Waals surface area contributed by atoms with Crippen LogP contribution < -0.4 is 5.32 Å². The van der Waals surface area contributed by atoms with Crippen molar-refractivity contribution in [2.45, 2.75) is 33.7 Å². The lowest BCUT2D eigenvalue weighted by Gasteiger charge is -2.32. The van der Waals surface area contributed by atoms with Crippen LogP contribution in [-0.2, 0) is 0 Å². The highest BCUT2D eigenvalue weighted by molar-refractivity contribution is 7.12. The van der Waals surface area contributed by atoms with Crippen molar-refractivity contribution in [1.29, 1.82) is 0 Å². The summed E-state index contributed by atoms with van der Waals surface area (Å²) in [7, 11) is 0. The van der Waals surface area contributed by atoms with Crippen molar-refractivity contribution in [2.75, 3.05) is 19.6 Å². The molecule has 0 saturated carbocycles. The summed E-state index contributed by atoms with van der Waals surface area (Å²) in [6, 6.07) is 4.30. The molecule has 1 amide bonds. The van der Waals surface area contributed by atoms with Crippen LogP contribution in [0.1, 0.15) is 32.7 Å². The van der Waals surface area contributed by atoms with Crippen LogP contribution in [0.4, 0.5) is 0 Å². The second-order valence-corrected chi connectivity index (χ2v) is 8.40. The first-order chi connectivity index (χ1) is 12.4. The number of aromatic nitrogens is 2. The van der Waals surface area contributed by atoms with Crippen molar-refractivity contribution in [3.05, 3.63) is 33.1 Å². The van der Waals surface area contributed by atoms with E-state index in [1.54, 1.807) is 11.3 Å². The Morgan fingerprint density at radius 2 is 2.15 bits per heavy atom. The number of carbonyl (C=O) groups is 1. The predicted octanol–water partition coefficient (Wildman–Crippen LogP) is 3.31. The average Bonchev–Trinajstić information content (AvgIpc) is 3.15. The molecule has 4 heterocycles. The Labute approximate surface area is 156 Å². The number of carbonyl (C=O) groups excluding carboxylic acids is 1. The molecule has 1 aliphatic heterocycles. The molecule has 6 nitrogen and oxygen atoms in total. The molecule has 0 aromatic carbocycles. The zero-order chi connectivity index (χ0) is 18.4. The molecule has 3 aromatic rings. The number of hydrogen-bond donors (Lipinski definition) is 1. The number of pyridine rings is 1. The van der Waals surface area contributed by atoms with E-state index in [9.17, 15) is 4.79 Å². The standard InChI is InChI=1S/C19H22N4O2S/c1-10-9-23(6-5-20-10)19(24)15-8-16(14-7-11(2)26-13(14)4)21-18-17(15)12(3)22-25-18/h7-8,10,20H,5-6,9H2,1-4H3. The normalized spacial score (nSPS) is 17.8. The maximum atomic E-state index is 13.3. The molecule has 0 aliphatic carbocycles. The van der Waals surface area contributed by atoms with Gasteiger partial charge in [-0.25, -0.2) is 4.98 Å². The molecule has 7 heteroatoms. The number of nitrogens with zero attached hydrogens (tertiary/aromatic N) is 3. The van der Waals surface area contributed by atoms with Crippen LogP contribution in [0.25, 0.3) is 22.4 Å². The van der Waals surface area contributed by atoms with Gasteiger partial charge in [-0.15, -0.1) is 11.3 Å². The van der Waals surface area contributed by atoms with Crippen LogP contribution in [0.5, 0.6) is 0 Å². The van der Waals surface area contributed by atoms with Gasteiger partial charge in [0.1, 0.15) is 0 Å². The van der Waals surface area contributed by atoms with Gasteiger partial charge in [0, 0.05) is 41.0 Å². The molecule has 136 valence electrons. The minimum Gasteiger partial charge on any atom is -0.336 e. The molecule has 26 heavy (non-hydrogen) atoms. The number of amides is 1. The van der Waals surface area contributed by atoms with Gasteiger partial charge >= 0.3 is 0 Å². The molecule has 1 unspecified atom stereocenters. The van der Waals surface area contributed by atoms with Crippen molar-refractivity contribution in [1.82, 2.24) is 20.4 Å². The second kappa shape index (κ2) is 6.48. The van der Waals surface area contributed by atoms with Crippen LogP contribution in [0.3, 0.4) is 0 Å². The molecule has 1 N–H and O–H groups in total. The topological polar surface area (TPSA) is 71.3 Å². The SMILES string of the molecule is Cc1cc(-c2cc(C(=O)N3CCNC(C)C3)c3c(C)noc3n2)c(C)s1. The van der Waals surface area contributed by atoms with Crippen LogP contribution in [0, 0.1) is 20.8 Å². The van der Waals surface area contributed by atoms with Gasteiger partial charge in [0.2, 0.25) is 0 Å². The molecule has 3 aromatic heterocycles. The van der Waals surface area contributed by atoms with Crippen molar-refractivity contribution in [3.63, 3.8) is 0 Å². The van der Waals surface area contributed by atoms with Gasteiger partial charge in [-0.2, -0.15) is 0 Å². The summed E-state index contributed by atoms with van der Waals surface area (Å²) in [5.74, 6) is 0.0166. The quantitative estimate of drug-likeness (QED) is 0.749. The first-order valence-corrected chi connectivity index (χ1v) is 9.62. The summed E-state index contributed by atoms with van der Waals surface area (Å²) in [4.78, 5) is 22.2. The number of aryl methyl sites for hydroxylation is 3. The zero-order valence-corrected chi connectivity index (χ0v) is 16.2. The molecule has 1 aliphatic rings. The third kappa shape index (κ3) is 2.91. The van der Waals surface area contributed by atoms with E-state index in [1.807, 2.05) is 17.9 Å². The lowest BCUT2D eigenvalue weighted by atomic mass is 10.0. The van der Waals surface area contributed by atoms with E-state index >= 15 is 0 Å². The van der Waals surface area contributed by atoms with E-state index in [1.165, 1.54) is 9.75 Å². The molecular weight excluding hydrogens is 348 g/mol. The van der Waals surface area contributed by atoms with E-state index < -0.39 is 0 Å². The molecule has 1 fully saturated rings. The van der Waals surface area contributed by atoms with Gasteiger partial charge < -0.3 is 14.7 Å². The van der Waals surface area contributed by atoms with Gasteiger partial charge in [0.05, 0.1) is 22.3 Å². The van der Waals surface area contributed by atoms with Gasteiger partial charge in [0.25, 0.3) is 11.6 Å². The second-order valence-electron chi connectivity index (χ2n) is 6.94. The predicted molar refractivity (Wildman–Crippen MR) is 103 cm³/mol. The monoisotopic (exact) mass is 370 g/mol. The Hall–Kier alpha value is -2.25. The summed E-state index contributed by atoms with van der Waals surface area (Å²) in [5, 5.41) is 8.13. The Kier molecular flexibility index (Phi) is 4.28. The number of fused-ring (bicyclic) bond motifs is 1. The Bertz CT molecular complexity index is 991. The maximum absolute atomic E-state index is 13.3. The fourth-order valence-corrected chi connectivity index (χ4v) is 4.51. The fraction of sp³-hybridized carbons (Fsp3) is 0.421. The molecular formula is C19H22N4O2S. The van der Waals surface area contributed by atoms with Gasteiger partial charge in [0.15, 0.2) is 0 Å². The first kappa shape index (κ1) is 17.2. The Morgan fingerprint density at radius 3 is 2.85 bits per heavy atom. The minimum atomic E-state index is 0.0166. The van der Waals surface area contributed by atoms with Crippen LogP contribution >= 0.6 is 11.3 Å². The number of nitrogens with one attached hydrogen (secondary N) is 1. The average molecular weight is 370 g/mol. The Morgan fingerprint density at radius 1 is 1.35 bits per heavy atom. The maximum Gasteiger partial charge on any atom is 0.259 e. The van der Waals surface area contributed by atoms with Crippen molar-refractivity contribution in [2.24, 2.45) is 0 Å². The van der Waals surface area contributed by atoms with Crippen molar-refractivity contribution in [3.8, 4) is 11.3 Å². The highest BCUT2D eigenvalue weighted by Crippen LogP contribution is 2.33. The zero-order valence-electron chi connectivity index (χ0n) is 15.4. The first-order valence-electron chi connectivity index (χ1n) is 8.81. The molecule has 0 spiro atoms. The summed E-state index contributed by atoms with van der Waals surface area (Å²) in [6.45, 7) is 10.3. The fourth-order valence-electron chi connectivity index (χ4n) is 3.57. The molecule has 1 saturated heterocycles. The van der Waals surface area contributed by atoms with Gasteiger partial charge in [-0.1, -0.05) is 5.16 Å². The molecule has 0 bridgehead atoms. The third-order valence-electron chi connectivity index (χ3n) is 4.82. The van der Waals surface area contributed by atoms with E-state index in [2.05, 4.69) is 42.3 Å². The number of rotatable bonds is 2. The van der Waals surface area contributed by atoms with E-state index in [-0.39, 0.29) is 11.9 Å². The van der Waals surface area contributed by atoms with Crippen LogP contribution in [0.15, 0.2) is 16.7 Å². The van der Waals surface area contributed by atoms with Crippen LogP contribution in [0.2, 0.25) is 0 Å². The largest absolute Gasteiger partial charge is 0.336 e. The van der Waals surface area contributed by atoms with Gasteiger partial charge in [-0.05, 0) is 39.8 Å². The van der Waals surface area contributed by atoms with E-state index in [4.69, 9.17) is 4.52 Å². The van der Waals surface area contributed by atoms with E-state index in [0.717, 1.165) is 23.2 Å². The summed E-state index contributed by atoms with van der Waals surface area (Å²) < 4.78 is 5.42. The summed E-state index contributed by atoms with van der Waals surface area (Å²) >= 11 is 1.73. The third-order valence-corrected chi connectivity index (χ3v) is 5.79. The number of thiophene rings is 1. The van der Waals surface area contributed by atoms with E-state index in [0.29, 0.717) is 30.1 Å². The smallest absolute Gasteiger partial charge is 0.259 e. The number of piperazine rings is 1. The minimum absolute atomic E-state index is 0.0166. The highest BCUT2D eigenvalue weighted by atomic mass is 32.1. The molecule has 4 rings (SSSR count).